The van der Waals surface area contributed by atoms with E-state index in [1.807, 2.05) is 6.92 Å². The lowest BCUT2D eigenvalue weighted by Gasteiger charge is -2.46. The van der Waals surface area contributed by atoms with Crippen LogP contribution in [0.4, 0.5) is 9.18 Å². The molecule has 1 amide bonds. The van der Waals surface area contributed by atoms with Gasteiger partial charge in [0.25, 0.3) is 0 Å². The largest absolute Gasteiger partial charge is 0.472 e. The molecule has 37 heavy (non-hydrogen) atoms. The Morgan fingerprint density at radius 2 is 1.92 bits per heavy atom. The van der Waals surface area contributed by atoms with Crippen molar-refractivity contribution >= 4 is 27.0 Å². The molecule has 2 bridgehead atoms. The molecule has 196 valence electrons. The van der Waals surface area contributed by atoms with Gasteiger partial charge in [-0.25, -0.2) is 22.6 Å². The third-order valence-corrected chi connectivity index (χ3v) is 8.49. The van der Waals surface area contributed by atoms with Gasteiger partial charge < -0.3 is 24.1 Å². The number of likely N-dealkylation sites (tertiary alicyclic amines) is 1. The third-order valence-electron chi connectivity index (χ3n) is 7.38. The van der Waals surface area contributed by atoms with E-state index in [4.69, 9.17) is 14.2 Å². The van der Waals surface area contributed by atoms with Crippen molar-refractivity contribution in [2.24, 2.45) is 11.8 Å². The summed E-state index contributed by atoms with van der Waals surface area (Å²) in [6.07, 6.45) is 5.25. The number of nitrogens with one attached hydrogen (secondary N) is 1. The Labute approximate surface area is 213 Å². The number of fused-ring (bicyclic) bond motifs is 3. The van der Waals surface area contributed by atoms with Crippen molar-refractivity contribution in [2.75, 3.05) is 32.6 Å². The maximum absolute atomic E-state index is 14.9. The molecule has 12 heteroatoms. The first-order chi connectivity index (χ1) is 17.6. The molecular formula is C25H27FN4O6S. The molecule has 6 rings (SSSR count). The smallest absolute Gasteiger partial charge is 0.410 e. The SMILES string of the molecule is CC1(OC(=O)N2CC3COCC(C2)C3Oc2ncnc3c(-c4ccc(S(C)(=O)=O)cc4F)c[nH]c23)CC1. The molecule has 3 aliphatic rings. The Morgan fingerprint density at radius 3 is 2.57 bits per heavy atom. The molecule has 0 spiro atoms. The highest BCUT2D eigenvalue weighted by Crippen LogP contribution is 2.40. The van der Waals surface area contributed by atoms with E-state index in [1.165, 1.54) is 18.5 Å². The van der Waals surface area contributed by atoms with Gasteiger partial charge in [-0.1, -0.05) is 6.07 Å². The van der Waals surface area contributed by atoms with Crippen molar-refractivity contribution in [2.45, 2.75) is 36.4 Å². The normalized spacial score (nSPS) is 24.6. The number of hydrogen-bond acceptors (Lipinski definition) is 8. The molecule has 10 nitrogen and oxygen atoms in total. The first kappa shape index (κ1) is 24.1. The van der Waals surface area contributed by atoms with Gasteiger partial charge in [-0.3, -0.25) is 0 Å². The second kappa shape index (κ2) is 8.66. The van der Waals surface area contributed by atoms with Crippen LogP contribution >= 0.6 is 0 Å². The molecule has 4 heterocycles. The van der Waals surface area contributed by atoms with Gasteiger partial charge in [0, 0.05) is 48.5 Å². The van der Waals surface area contributed by atoms with E-state index < -0.39 is 15.7 Å². The zero-order valence-electron chi connectivity index (χ0n) is 20.4. The van der Waals surface area contributed by atoms with E-state index in [-0.39, 0.29) is 40.1 Å². The van der Waals surface area contributed by atoms with Crippen LogP contribution in [0.2, 0.25) is 0 Å². The molecular weight excluding hydrogens is 503 g/mol. The minimum Gasteiger partial charge on any atom is -0.472 e. The summed E-state index contributed by atoms with van der Waals surface area (Å²) in [4.78, 5) is 26.1. The predicted octanol–water partition coefficient (Wildman–Crippen LogP) is 3.18. The van der Waals surface area contributed by atoms with Crippen LogP contribution in [0.15, 0.2) is 35.6 Å². The number of H-pyrrole nitrogens is 1. The van der Waals surface area contributed by atoms with Crippen LogP contribution in [0.3, 0.4) is 0 Å². The molecule has 1 aliphatic carbocycles. The van der Waals surface area contributed by atoms with Crippen molar-refractivity contribution in [3.63, 3.8) is 0 Å². The van der Waals surface area contributed by atoms with Crippen LogP contribution in [0, 0.1) is 17.7 Å². The van der Waals surface area contributed by atoms with Crippen LogP contribution in [-0.2, 0) is 19.3 Å². The monoisotopic (exact) mass is 530 g/mol. The van der Waals surface area contributed by atoms with Crippen LogP contribution in [0.5, 0.6) is 5.88 Å². The number of aromatic amines is 1. The minimum atomic E-state index is -3.54. The fourth-order valence-corrected chi connectivity index (χ4v) is 5.71. The summed E-state index contributed by atoms with van der Waals surface area (Å²) in [7, 11) is -3.54. The van der Waals surface area contributed by atoms with E-state index in [1.54, 1.807) is 11.1 Å². The molecule has 2 aliphatic heterocycles. The molecule has 0 radical (unpaired) electrons. The maximum atomic E-state index is 14.9. The summed E-state index contributed by atoms with van der Waals surface area (Å²) in [5.74, 6) is -0.469. The average Bonchev–Trinajstić information content (AvgIpc) is 3.40. The zero-order chi connectivity index (χ0) is 25.9. The van der Waals surface area contributed by atoms with E-state index in [2.05, 4.69) is 15.0 Å². The average molecular weight is 531 g/mol. The van der Waals surface area contributed by atoms with Gasteiger partial charge in [-0.2, -0.15) is 4.98 Å². The molecule has 1 aromatic carbocycles. The van der Waals surface area contributed by atoms with Crippen LogP contribution in [-0.4, -0.2) is 78.6 Å². The minimum absolute atomic E-state index is 0.0625. The Bertz CT molecular complexity index is 1470. The molecule has 2 atom stereocenters. The number of piperidine rings is 1. The van der Waals surface area contributed by atoms with Crippen molar-refractivity contribution in [3.8, 4) is 17.0 Å². The second-order valence-corrected chi connectivity index (χ2v) is 12.4. The van der Waals surface area contributed by atoms with Crippen molar-refractivity contribution in [1.29, 1.82) is 0 Å². The van der Waals surface area contributed by atoms with Crippen LogP contribution in [0.25, 0.3) is 22.2 Å². The fraction of sp³-hybridized carbons (Fsp3) is 0.480. The zero-order valence-corrected chi connectivity index (χ0v) is 21.3. The number of sulfone groups is 1. The number of benzene rings is 1. The van der Waals surface area contributed by atoms with Gasteiger partial charge in [0.2, 0.25) is 5.88 Å². The Balaban J connectivity index is 1.25. The number of ether oxygens (including phenoxy) is 3. The number of hydrogen-bond donors (Lipinski definition) is 1. The number of amides is 1. The third kappa shape index (κ3) is 4.52. The quantitative estimate of drug-likeness (QED) is 0.534. The van der Waals surface area contributed by atoms with Crippen molar-refractivity contribution < 1.29 is 31.8 Å². The molecule has 1 N–H and O–H groups in total. The number of nitrogens with zero attached hydrogens (tertiary/aromatic N) is 3. The first-order valence-corrected chi connectivity index (χ1v) is 14.0. The first-order valence-electron chi connectivity index (χ1n) is 12.2. The van der Waals surface area contributed by atoms with Gasteiger partial charge in [-0.05, 0) is 31.9 Å². The number of rotatable bonds is 5. The van der Waals surface area contributed by atoms with Crippen molar-refractivity contribution in [1.82, 2.24) is 19.9 Å². The lowest BCUT2D eigenvalue weighted by molar-refractivity contribution is -0.111. The molecule has 2 unspecified atom stereocenters. The summed E-state index contributed by atoms with van der Waals surface area (Å²) in [5.41, 5.74) is 1.31. The Morgan fingerprint density at radius 1 is 1.19 bits per heavy atom. The van der Waals surface area contributed by atoms with Crippen molar-refractivity contribution in [3.05, 3.63) is 36.5 Å². The standard InChI is InChI=1S/C25H27FN4O6S/c1-25(5-6-25)36-24(31)30-9-14-11-34-12-15(10-30)22(14)35-23-21-20(28-13-29-23)18(8-27-21)17-4-3-16(7-19(17)26)37(2,32)33/h3-4,7-8,13-15,22,27H,5-6,9-12H2,1-2H3. The highest BCUT2D eigenvalue weighted by molar-refractivity contribution is 7.90. The van der Waals surface area contributed by atoms with Crippen LogP contribution < -0.4 is 4.74 Å². The predicted molar refractivity (Wildman–Crippen MR) is 130 cm³/mol. The topological polar surface area (TPSA) is 124 Å². The summed E-state index contributed by atoms with van der Waals surface area (Å²) in [6, 6.07) is 3.80. The number of halogens is 1. The molecule has 3 fully saturated rings. The number of aromatic nitrogens is 3. The fourth-order valence-electron chi connectivity index (χ4n) is 5.08. The highest BCUT2D eigenvalue weighted by Gasteiger charge is 2.47. The van der Waals surface area contributed by atoms with Gasteiger partial charge >= 0.3 is 6.09 Å². The summed E-state index contributed by atoms with van der Waals surface area (Å²) >= 11 is 0. The Hall–Kier alpha value is -3.25. The highest BCUT2D eigenvalue weighted by atomic mass is 32.2. The lowest BCUT2D eigenvalue weighted by atomic mass is 9.84. The second-order valence-electron chi connectivity index (χ2n) is 10.4. The number of carbonyl (C=O) groups excluding carboxylic acids is 1. The van der Waals surface area contributed by atoms with E-state index in [0.717, 1.165) is 25.2 Å². The molecule has 1 saturated carbocycles. The maximum Gasteiger partial charge on any atom is 0.410 e. The van der Waals surface area contributed by atoms with E-state index in [0.29, 0.717) is 48.8 Å². The molecule has 3 aromatic rings. The molecule has 2 aromatic heterocycles. The van der Waals surface area contributed by atoms with Gasteiger partial charge in [-0.15, -0.1) is 0 Å². The lowest BCUT2D eigenvalue weighted by Crippen LogP contribution is -2.59. The van der Waals surface area contributed by atoms with Gasteiger partial charge in [0.15, 0.2) is 9.84 Å². The van der Waals surface area contributed by atoms with Gasteiger partial charge in [0.05, 0.1) is 18.1 Å². The Kier molecular flexibility index (Phi) is 5.64. The summed E-state index contributed by atoms with van der Waals surface area (Å²) in [6.45, 7) is 3.76. The number of carbonyl (C=O) groups is 1. The molecule has 2 saturated heterocycles. The van der Waals surface area contributed by atoms with E-state index >= 15 is 0 Å². The van der Waals surface area contributed by atoms with E-state index in [9.17, 15) is 17.6 Å². The summed E-state index contributed by atoms with van der Waals surface area (Å²) < 4.78 is 56.3. The summed E-state index contributed by atoms with van der Waals surface area (Å²) in [5, 5.41) is 0. The van der Waals surface area contributed by atoms with Gasteiger partial charge in [0.1, 0.15) is 34.9 Å². The van der Waals surface area contributed by atoms with Crippen LogP contribution in [0.1, 0.15) is 19.8 Å².